The fourth-order valence-corrected chi connectivity index (χ4v) is 3.11. The minimum Gasteiger partial charge on any atom is -0.493 e. The van der Waals surface area contributed by atoms with E-state index in [4.69, 9.17) is 9.47 Å². The quantitative estimate of drug-likeness (QED) is 0.692. The second kappa shape index (κ2) is 7.46. The predicted molar refractivity (Wildman–Crippen MR) is 103 cm³/mol. The van der Waals surface area contributed by atoms with E-state index in [0.717, 1.165) is 15.6 Å². The Balaban J connectivity index is 2.22. The van der Waals surface area contributed by atoms with E-state index in [1.165, 1.54) is 0 Å². The fourth-order valence-electron chi connectivity index (χ4n) is 2.71. The number of aromatic amines is 1. The maximum absolute atomic E-state index is 12.5. The molecule has 0 bridgehead atoms. The van der Waals surface area contributed by atoms with E-state index in [1.54, 1.807) is 32.4 Å². The van der Waals surface area contributed by atoms with Crippen molar-refractivity contribution in [3.8, 4) is 40.0 Å². The number of pyridine rings is 1. The standard InChI is InChI=1S/C20H15BrN2O3/c1-25-18-7-6-13(9-19(18)26-2)17-10-15(16(11-22)20(24)23-17)12-4-3-5-14(21)8-12/h3-10H,1-2H3,(H,23,24). The first kappa shape index (κ1) is 17.8. The van der Waals surface area contributed by atoms with Crippen molar-refractivity contribution >= 4 is 15.9 Å². The second-order valence-corrected chi connectivity index (χ2v) is 6.41. The first-order valence-electron chi connectivity index (χ1n) is 7.73. The normalized spacial score (nSPS) is 10.2. The van der Waals surface area contributed by atoms with Crippen LogP contribution in [0.2, 0.25) is 0 Å². The molecule has 0 amide bonds. The van der Waals surface area contributed by atoms with Gasteiger partial charge in [0.1, 0.15) is 11.6 Å². The van der Waals surface area contributed by atoms with Gasteiger partial charge in [-0.15, -0.1) is 0 Å². The van der Waals surface area contributed by atoms with Crippen LogP contribution >= 0.6 is 15.9 Å². The maximum Gasteiger partial charge on any atom is 0.266 e. The molecule has 0 fully saturated rings. The number of nitriles is 1. The van der Waals surface area contributed by atoms with Crippen LogP contribution in [0.15, 0.2) is 57.8 Å². The van der Waals surface area contributed by atoms with Gasteiger partial charge in [-0.3, -0.25) is 4.79 Å². The molecule has 0 aliphatic carbocycles. The lowest BCUT2D eigenvalue weighted by Crippen LogP contribution is -2.12. The van der Waals surface area contributed by atoms with E-state index >= 15 is 0 Å². The Morgan fingerprint density at radius 1 is 1.00 bits per heavy atom. The molecular weight excluding hydrogens is 396 g/mol. The molecular formula is C20H15BrN2O3. The Morgan fingerprint density at radius 2 is 1.77 bits per heavy atom. The summed E-state index contributed by atoms with van der Waals surface area (Å²) in [6.45, 7) is 0. The molecule has 0 aliphatic rings. The van der Waals surface area contributed by atoms with Crippen LogP contribution in [0.1, 0.15) is 5.56 Å². The van der Waals surface area contributed by atoms with E-state index in [2.05, 4.69) is 20.9 Å². The molecule has 0 aliphatic heterocycles. The molecule has 26 heavy (non-hydrogen) atoms. The lowest BCUT2D eigenvalue weighted by Gasteiger charge is -2.11. The van der Waals surface area contributed by atoms with Gasteiger partial charge in [-0.2, -0.15) is 5.26 Å². The van der Waals surface area contributed by atoms with Gasteiger partial charge in [0.25, 0.3) is 5.56 Å². The van der Waals surface area contributed by atoms with Crippen molar-refractivity contribution in [1.29, 1.82) is 5.26 Å². The summed E-state index contributed by atoms with van der Waals surface area (Å²) in [6, 6.07) is 16.6. The molecule has 1 aromatic heterocycles. The summed E-state index contributed by atoms with van der Waals surface area (Å²) in [5.41, 5.74) is 2.33. The van der Waals surface area contributed by atoms with Crippen molar-refractivity contribution in [2.24, 2.45) is 0 Å². The zero-order chi connectivity index (χ0) is 18.7. The average Bonchev–Trinajstić information content (AvgIpc) is 2.66. The van der Waals surface area contributed by atoms with Crippen LogP contribution in [0.3, 0.4) is 0 Å². The summed E-state index contributed by atoms with van der Waals surface area (Å²) in [5, 5.41) is 9.42. The highest BCUT2D eigenvalue weighted by atomic mass is 79.9. The number of rotatable bonds is 4. The van der Waals surface area contributed by atoms with Crippen molar-refractivity contribution in [3.05, 3.63) is 68.9 Å². The van der Waals surface area contributed by atoms with E-state index in [9.17, 15) is 10.1 Å². The Morgan fingerprint density at radius 3 is 2.42 bits per heavy atom. The molecule has 2 aromatic carbocycles. The Hall–Kier alpha value is -3.04. The molecule has 3 rings (SSSR count). The predicted octanol–water partition coefficient (Wildman–Crippen LogP) is 4.36. The molecule has 0 atom stereocenters. The van der Waals surface area contributed by atoms with Gasteiger partial charge >= 0.3 is 0 Å². The van der Waals surface area contributed by atoms with Crippen molar-refractivity contribution in [2.45, 2.75) is 0 Å². The van der Waals surface area contributed by atoms with Crippen LogP contribution in [0.4, 0.5) is 0 Å². The largest absolute Gasteiger partial charge is 0.493 e. The van der Waals surface area contributed by atoms with E-state index in [-0.39, 0.29) is 5.56 Å². The van der Waals surface area contributed by atoms with E-state index < -0.39 is 5.56 Å². The number of H-pyrrole nitrogens is 1. The van der Waals surface area contributed by atoms with Crippen LogP contribution in [-0.2, 0) is 0 Å². The third kappa shape index (κ3) is 3.35. The molecule has 130 valence electrons. The summed E-state index contributed by atoms with van der Waals surface area (Å²) in [7, 11) is 3.11. The number of nitrogens with one attached hydrogen (secondary N) is 1. The zero-order valence-electron chi connectivity index (χ0n) is 14.2. The molecule has 0 radical (unpaired) electrons. The molecule has 1 N–H and O–H groups in total. The van der Waals surface area contributed by atoms with Gasteiger partial charge in [0.2, 0.25) is 0 Å². The maximum atomic E-state index is 12.5. The smallest absolute Gasteiger partial charge is 0.266 e. The highest BCUT2D eigenvalue weighted by molar-refractivity contribution is 9.10. The monoisotopic (exact) mass is 410 g/mol. The summed E-state index contributed by atoms with van der Waals surface area (Å²) in [5.74, 6) is 1.15. The summed E-state index contributed by atoms with van der Waals surface area (Å²) >= 11 is 3.42. The highest BCUT2D eigenvalue weighted by Gasteiger charge is 2.14. The third-order valence-corrected chi connectivity index (χ3v) is 4.47. The van der Waals surface area contributed by atoms with Crippen molar-refractivity contribution in [3.63, 3.8) is 0 Å². The first-order chi connectivity index (χ1) is 12.6. The second-order valence-electron chi connectivity index (χ2n) is 5.49. The summed E-state index contributed by atoms with van der Waals surface area (Å²) < 4.78 is 11.4. The summed E-state index contributed by atoms with van der Waals surface area (Å²) in [4.78, 5) is 15.2. The number of hydrogen-bond acceptors (Lipinski definition) is 4. The average molecular weight is 411 g/mol. The Kier molecular flexibility index (Phi) is 5.10. The number of ether oxygens (including phenoxy) is 2. The molecule has 6 heteroatoms. The fraction of sp³-hybridized carbons (Fsp3) is 0.100. The van der Waals surface area contributed by atoms with Crippen LogP contribution in [-0.4, -0.2) is 19.2 Å². The Bertz CT molecular complexity index is 1070. The minimum absolute atomic E-state index is 0.0762. The minimum atomic E-state index is -0.435. The lowest BCUT2D eigenvalue weighted by molar-refractivity contribution is 0.355. The number of benzene rings is 2. The lowest BCUT2D eigenvalue weighted by atomic mass is 9.99. The summed E-state index contributed by atoms with van der Waals surface area (Å²) in [6.07, 6.45) is 0. The molecule has 0 saturated carbocycles. The van der Waals surface area contributed by atoms with Crippen molar-refractivity contribution in [2.75, 3.05) is 14.2 Å². The van der Waals surface area contributed by atoms with Gasteiger partial charge in [0.15, 0.2) is 11.5 Å². The van der Waals surface area contributed by atoms with Gasteiger partial charge < -0.3 is 14.5 Å². The molecule has 0 saturated heterocycles. The third-order valence-electron chi connectivity index (χ3n) is 3.98. The number of aromatic nitrogens is 1. The van der Waals surface area contributed by atoms with Gasteiger partial charge in [-0.1, -0.05) is 28.1 Å². The van der Waals surface area contributed by atoms with Gasteiger partial charge in [-0.25, -0.2) is 0 Å². The van der Waals surface area contributed by atoms with Crippen molar-refractivity contribution in [1.82, 2.24) is 4.98 Å². The topological polar surface area (TPSA) is 75.1 Å². The number of methoxy groups -OCH3 is 2. The Labute approximate surface area is 159 Å². The molecule has 5 nitrogen and oxygen atoms in total. The van der Waals surface area contributed by atoms with Gasteiger partial charge in [0, 0.05) is 21.3 Å². The van der Waals surface area contributed by atoms with Crippen LogP contribution in [0.5, 0.6) is 11.5 Å². The van der Waals surface area contributed by atoms with Crippen LogP contribution < -0.4 is 15.0 Å². The van der Waals surface area contributed by atoms with Gasteiger partial charge in [0.05, 0.1) is 14.2 Å². The SMILES string of the molecule is COc1ccc(-c2cc(-c3cccc(Br)c3)c(C#N)c(=O)[nH]2)cc1OC. The van der Waals surface area contributed by atoms with Crippen molar-refractivity contribution < 1.29 is 9.47 Å². The number of halogens is 1. The molecule has 1 heterocycles. The molecule has 0 unspecified atom stereocenters. The molecule has 0 spiro atoms. The van der Waals surface area contributed by atoms with E-state index in [0.29, 0.717) is 22.8 Å². The number of nitrogens with zero attached hydrogens (tertiary/aromatic N) is 1. The van der Waals surface area contributed by atoms with Gasteiger partial charge in [-0.05, 0) is 42.0 Å². The van der Waals surface area contributed by atoms with Crippen LogP contribution in [0, 0.1) is 11.3 Å². The van der Waals surface area contributed by atoms with Crippen LogP contribution in [0.25, 0.3) is 22.4 Å². The highest BCUT2D eigenvalue weighted by Crippen LogP contribution is 2.33. The molecule has 3 aromatic rings. The van der Waals surface area contributed by atoms with E-state index in [1.807, 2.05) is 36.4 Å². The number of hydrogen-bond donors (Lipinski definition) is 1. The first-order valence-corrected chi connectivity index (χ1v) is 8.52. The zero-order valence-corrected chi connectivity index (χ0v) is 15.8.